The summed E-state index contributed by atoms with van der Waals surface area (Å²) in [5, 5.41) is 3.44. The van der Waals surface area contributed by atoms with E-state index < -0.39 is 0 Å². The van der Waals surface area contributed by atoms with Crippen LogP contribution in [0.2, 0.25) is 0 Å². The number of rotatable bonds is 5. The lowest BCUT2D eigenvalue weighted by Crippen LogP contribution is -2.29. The molecule has 2 heteroatoms. The molecular formula is C13H21NO. The van der Waals surface area contributed by atoms with Crippen molar-refractivity contribution in [3.63, 3.8) is 0 Å². The van der Waals surface area contributed by atoms with Gasteiger partial charge in [-0.25, -0.2) is 0 Å². The Balaban J connectivity index is 2.50. The number of aryl methyl sites for hydroxylation is 2. The van der Waals surface area contributed by atoms with Crippen molar-refractivity contribution in [3.05, 3.63) is 34.9 Å². The molecule has 0 aliphatic rings. The predicted molar refractivity (Wildman–Crippen MR) is 64.1 cm³/mol. The Morgan fingerprint density at radius 3 is 2.67 bits per heavy atom. The predicted octanol–water partition coefficient (Wildman–Crippen LogP) is 2.43. The molecular weight excluding hydrogens is 186 g/mol. The molecule has 0 fully saturated rings. The normalized spacial score (nSPS) is 12.8. The first-order valence-corrected chi connectivity index (χ1v) is 5.42. The van der Waals surface area contributed by atoms with E-state index in [1.807, 2.05) is 0 Å². The molecule has 0 aliphatic heterocycles. The molecule has 0 saturated heterocycles. The van der Waals surface area contributed by atoms with Gasteiger partial charge in [0.25, 0.3) is 0 Å². The van der Waals surface area contributed by atoms with Crippen LogP contribution in [0, 0.1) is 13.8 Å². The number of ether oxygens (including phenoxy) is 1. The molecule has 0 amide bonds. The molecule has 0 bridgehead atoms. The van der Waals surface area contributed by atoms with E-state index in [0.717, 1.165) is 13.2 Å². The molecule has 0 spiro atoms. The van der Waals surface area contributed by atoms with Gasteiger partial charge in [-0.05, 0) is 31.9 Å². The fourth-order valence-corrected chi connectivity index (χ4v) is 1.64. The Hall–Kier alpha value is -0.860. The van der Waals surface area contributed by atoms with Crippen molar-refractivity contribution in [1.82, 2.24) is 5.32 Å². The summed E-state index contributed by atoms with van der Waals surface area (Å²) in [7, 11) is 1.73. The maximum absolute atomic E-state index is 5.08. The Morgan fingerprint density at radius 1 is 1.33 bits per heavy atom. The zero-order valence-corrected chi connectivity index (χ0v) is 10.1. The molecule has 1 rings (SSSR count). The van der Waals surface area contributed by atoms with Crippen LogP contribution in [0.15, 0.2) is 18.2 Å². The van der Waals surface area contributed by atoms with Gasteiger partial charge < -0.3 is 10.1 Å². The summed E-state index contributed by atoms with van der Waals surface area (Å²) >= 11 is 0. The number of hydrogen-bond acceptors (Lipinski definition) is 2. The second-order valence-electron chi connectivity index (χ2n) is 4.17. The van der Waals surface area contributed by atoms with Crippen molar-refractivity contribution in [2.75, 3.05) is 13.7 Å². The zero-order chi connectivity index (χ0) is 11.3. The van der Waals surface area contributed by atoms with Gasteiger partial charge in [0.2, 0.25) is 0 Å². The molecule has 1 N–H and O–H groups in total. The van der Waals surface area contributed by atoms with Gasteiger partial charge in [0.15, 0.2) is 0 Å². The zero-order valence-electron chi connectivity index (χ0n) is 10.1. The van der Waals surface area contributed by atoms with E-state index in [9.17, 15) is 0 Å². The monoisotopic (exact) mass is 207 g/mol. The average Bonchev–Trinajstić information content (AvgIpc) is 2.17. The molecule has 0 aromatic heterocycles. The van der Waals surface area contributed by atoms with Crippen LogP contribution in [0.25, 0.3) is 0 Å². The summed E-state index contributed by atoms with van der Waals surface area (Å²) in [6.07, 6.45) is 0. The minimum atomic E-state index is 0.399. The average molecular weight is 207 g/mol. The smallest absolute Gasteiger partial charge is 0.0613 e. The van der Waals surface area contributed by atoms with Crippen LogP contribution >= 0.6 is 0 Å². The maximum Gasteiger partial charge on any atom is 0.0613 e. The van der Waals surface area contributed by atoms with Crippen LogP contribution in [0.1, 0.15) is 23.6 Å². The van der Waals surface area contributed by atoms with Crippen molar-refractivity contribution >= 4 is 0 Å². The second kappa shape index (κ2) is 5.89. The van der Waals surface area contributed by atoms with Gasteiger partial charge in [-0.3, -0.25) is 0 Å². The highest BCUT2D eigenvalue weighted by atomic mass is 16.5. The second-order valence-corrected chi connectivity index (χ2v) is 4.17. The SMILES string of the molecule is COC[C@@H](C)NCc1ccc(C)cc1C. The van der Waals surface area contributed by atoms with E-state index >= 15 is 0 Å². The van der Waals surface area contributed by atoms with Crippen molar-refractivity contribution in [1.29, 1.82) is 0 Å². The summed E-state index contributed by atoms with van der Waals surface area (Å²) in [6, 6.07) is 6.97. The highest BCUT2D eigenvalue weighted by molar-refractivity contribution is 5.30. The first-order valence-electron chi connectivity index (χ1n) is 5.42. The minimum absolute atomic E-state index is 0.399. The lowest BCUT2D eigenvalue weighted by Gasteiger charge is -2.14. The maximum atomic E-state index is 5.08. The molecule has 0 heterocycles. The summed E-state index contributed by atoms with van der Waals surface area (Å²) in [4.78, 5) is 0. The fraction of sp³-hybridized carbons (Fsp3) is 0.538. The first-order chi connectivity index (χ1) is 7.13. The lowest BCUT2D eigenvalue weighted by molar-refractivity contribution is 0.171. The van der Waals surface area contributed by atoms with Gasteiger partial charge in [0.05, 0.1) is 6.61 Å². The molecule has 1 atom stereocenters. The molecule has 0 radical (unpaired) electrons. The summed E-state index contributed by atoms with van der Waals surface area (Å²) < 4.78 is 5.08. The van der Waals surface area contributed by atoms with E-state index in [0.29, 0.717) is 6.04 Å². The van der Waals surface area contributed by atoms with Gasteiger partial charge >= 0.3 is 0 Å². The topological polar surface area (TPSA) is 21.3 Å². The molecule has 0 saturated carbocycles. The molecule has 0 aliphatic carbocycles. The standard InChI is InChI=1S/C13H21NO/c1-10-5-6-13(11(2)7-10)8-14-12(3)9-15-4/h5-7,12,14H,8-9H2,1-4H3/t12-/m1/s1. The minimum Gasteiger partial charge on any atom is -0.383 e. The molecule has 2 nitrogen and oxygen atoms in total. The van der Waals surface area contributed by atoms with Crippen LogP contribution in [-0.4, -0.2) is 19.8 Å². The van der Waals surface area contributed by atoms with Crippen molar-refractivity contribution in [2.45, 2.75) is 33.4 Å². The lowest BCUT2D eigenvalue weighted by atomic mass is 10.1. The van der Waals surface area contributed by atoms with Crippen LogP contribution in [0.3, 0.4) is 0 Å². The number of benzene rings is 1. The van der Waals surface area contributed by atoms with Gasteiger partial charge in [-0.2, -0.15) is 0 Å². The molecule has 0 unspecified atom stereocenters. The third kappa shape index (κ3) is 4.02. The van der Waals surface area contributed by atoms with Gasteiger partial charge in [0, 0.05) is 19.7 Å². The van der Waals surface area contributed by atoms with Gasteiger partial charge in [-0.1, -0.05) is 23.8 Å². The Morgan fingerprint density at radius 2 is 2.07 bits per heavy atom. The fourth-order valence-electron chi connectivity index (χ4n) is 1.64. The third-order valence-electron chi connectivity index (χ3n) is 2.56. The van der Waals surface area contributed by atoms with E-state index in [2.05, 4.69) is 44.3 Å². The largest absolute Gasteiger partial charge is 0.383 e. The Kier molecular flexibility index (Phi) is 4.79. The highest BCUT2D eigenvalue weighted by Gasteiger charge is 2.02. The first kappa shape index (κ1) is 12.2. The van der Waals surface area contributed by atoms with Crippen molar-refractivity contribution in [3.8, 4) is 0 Å². The van der Waals surface area contributed by atoms with E-state index in [1.54, 1.807) is 7.11 Å². The van der Waals surface area contributed by atoms with Gasteiger partial charge in [0.1, 0.15) is 0 Å². The van der Waals surface area contributed by atoms with E-state index in [1.165, 1.54) is 16.7 Å². The summed E-state index contributed by atoms with van der Waals surface area (Å²) in [5.74, 6) is 0. The number of nitrogens with one attached hydrogen (secondary N) is 1. The molecule has 15 heavy (non-hydrogen) atoms. The van der Waals surface area contributed by atoms with E-state index in [4.69, 9.17) is 4.74 Å². The van der Waals surface area contributed by atoms with Crippen molar-refractivity contribution in [2.24, 2.45) is 0 Å². The Bertz CT molecular complexity index is 309. The van der Waals surface area contributed by atoms with Gasteiger partial charge in [-0.15, -0.1) is 0 Å². The number of hydrogen-bond donors (Lipinski definition) is 1. The summed E-state index contributed by atoms with van der Waals surface area (Å²) in [5.41, 5.74) is 4.04. The molecule has 1 aromatic rings. The number of methoxy groups -OCH3 is 1. The van der Waals surface area contributed by atoms with Crippen molar-refractivity contribution < 1.29 is 4.74 Å². The Labute approximate surface area is 92.6 Å². The highest BCUT2D eigenvalue weighted by Crippen LogP contribution is 2.10. The van der Waals surface area contributed by atoms with Crippen LogP contribution in [-0.2, 0) is 11.3 Å². The third-order valence-corrected chi connectivity index (χ3v) is 2.56. The quantitative estimate of drug-likeness (QED) is 0.800. The summed E-state index contributed by atoms with van der Waals surface area (Å²) in [6.45, 7) is 8.08. The molecule has 84 valence electrons. The van der Waals surface area contributed by atoms with E-state index in [-0.39, 0.29) is 0 Å². The van der Waals surface area contributed by atoms with Crippen LogP contribution < -0.4 is 5.32 Å². The van der Waals surface area contributed by atoms with Crippen LogP contribution in [0.4, 0.5) is 0 Å². The molecule has 1 aromatic carbocycles. The van der Waals surface area contributed by atoms with Crippen LogP contribution in [0.5, 0.6) is 0 Å².